The van der Waals surface area contributed by atoms with Crippen molar-refractivity contribution in [2.45, 2.75) is 31.7 Å². The Morgan fingerprint density at radius 3 is 3.05 bits per heavy atom. The first-order chi connectivity index (χ1) is 10.3. The molecule has 0 spiro atoms. The minimum absolute atomic E-state index is 0.712. The van der Waals surface area contributed by atoms with E-state index in [0.29, 0.717) is 6.04 Å². The molecule has 1 fully saturated rings. The first kappa shape index (κ1) is 14.5. The summed E-state index contributed by atoms with van der Waals surface area (Å²) >= 11 is 0. The van der Waals surface area contributed by atoms with E-state index in [1.807, 2.05) is 12.3 Å². The predicted molar refractivity (Wildman–Crippen MR) is 88.6 cm³/mol. The Hall–Kier alpha value is -1.45. The molecule has 112 valence electrons. The lowest BCUT2D eigenvalue weighted by Crippen LogP contribution is -2.43. The maximum Gasteiger partial charge on any atom is 0.0734 e. The van der Waals surface area contributed by atoms with Crippen LogP contribution >= 0.6 is 0 Å². The lowest BCUT2D eigenvalue weighted by atomic mass is 10.0. The van der Waals surface area contributed by atoms with Crippen LogP contribution < -0.4 is 5.32 Å². The van der Waals surface area contributed by atoms with Crippen molar-refractivity contribution in [2.24, 2.45) is 0 Å². The topological polar surface area (TPSA) is 28.2 Å². The number of nitrogens with one attached hydrogen (secondary N) is 1. The Balaban J connectivity index is 1.52. The number of likely N-dealkylation sites (N-methyl/N-ethyl adjacent to an activating group) is 1. The molecule has 1 saturated heterocycles. The number of fused-ring (bicyclic) bond motifs is 1. The Bertz CT molecular complexity index is 576. The molecule has 1 aromatic heterocycles. The molecule has 1 atom stereocenters. The molecule has 0 radical (unpaired) electrons. The zero-order valence-corrected chi connectivity index (χ0v) is 12.9. The van der Waals surface area contributed by atoms with E-state index in [4.69, 9.17) is 0 Å². The van der Waals surface area contributed by atoms with Crippen LogP contribution in [0.4, 0.5) is 0 Å². The third-order valence-electron chi connectivity index (χ3n) is 4.59. The Kier molecular flexibility index (Phi) is 4.84. The summed E-state index contributed by atoms with van der Waals surface area (Å²) in [6.07, 6.45) is 7.00. The zero-order valence-electron chi connectivity index (χ0n) is 12.9. The number of likely N-dealkylation sites (tertiary alicyclic amines) is 1. The molecule has 1 aliphatic heterocycles. The molecule has 1 N–H and O–H groups in total. The van der Waals surface area contributed by atoms with E-state index < -0.39 is 0 Å². The molecular weight excluding hydrogens is 258 g/mol. The van der Waals surface area contributed by atoms with Crippen molar-refractivity contribution in [3.05, 3.63) is 42.1 Å². The molecule has 0 aliphatic carbocycles. The van der Waals surface area contributed by atoms with Gasteiger partial charge in [-0.3, -0.25) is 4.98 Å². The van der Waals surface area contributed by atoms with Gasteiger partial charge >= 0.3 is 0 Å². The molecule has 3 heteroatoms. The summed E-state index contributed by atoms with van der Waals surface area (Å²) in [6.45, 7) is 3.38. The fourth-order valence-electron chi connectivity index (χ4n) is 3.26. The summed E-state index contributed by atoms with van der Waals surface area (Å²) in [4.78, 5) is 7.02. The van der Waals surface area contributed by atoms with Crippen LogP contribution in [0.15, 0.2) is 36.5 Å². The van der Waals surface area contributed by atoms with Gasteiger partial charge in [0.25, 0.3) is 0 Å². The Morgan fingerprint density at radius 1 is 1.24 bits per heavy atom. The molecule has 3 rings (SSSR count). The van der Waals surface area contributed by atoms with E-state index in [9.17, 15) is 0 Å². The second-order valence-electron chi connectivity index (χ2n) is 6.08. The first-order valence-electron chi connectivity index (χ1n) is 8.08. The maximum absolute atomic E-state index is 4.53. The Morgan fingerprint density at radius 2 is 2.14 bits per heavy atom. The van der Waals surface area contributed by atoms with Gasteiger partial charge in [-0.25, -0.2) is 0 Å². The van der Waals surface area contributed by atoms with E-state index in [1.54, 1.807) is 0 Å². The van der Waals surface area contributed by atoms with Gasteiger partial charge in [-0.1, -0.05) is 30.7 Å². The highest BCUT2D eigenvalue weighted by atomic mass is 15.2. The van der Waals surface area contributed by atoms with Crippen molar-refractivity contribution in [1.82, 2.24) is 15.2 Å². The van der Waals surface area contributed by atoms with Crippen LogP contribution in [0.2, 0.25) is 0 Å². The van der Waals surface area contributed by atoms with Gasteiger partial charge in [-0.05, 0) is 51.0 Å². The number of hydrogen-bond donors (Lipinski definition) is 1. The minimum Gasteiger partial charge on any atom is -0.315 e. The summed E-state index contributed by atoms with van der Waals surface area (Å²) < 4.78 is 0. The quantitative estimate of drug-likeness (QED) is 0.855. The smallest absolute Gasteiger partial charge is 0.0734 e. The van der Waals surface area contributed by atoms with Gasteiger partial charge in [0.1, 0.15) is 0 Å². The van der Waals surface area contributed by atoms with Crippen LogP contribution in [-0.4, -0.2) is 42.6 Å². The van der Waals surface area contributed by atoms with E-state index >= 15 is 0 Å². The summed E-state index contributed by atoms with van der Waals surface area (Å²) in [5.74, 6) is 0. The van der Waals surface area contributed by atoms with Crippen LogP contribution in [0.5, 0.6) is 0 Å². The van der Waals surface area contributed by atoms with E-state index in [-0.39, 0.29) is 0 Å². The maximum atomic E-state index is 4.53. The van der Waals surface area contributed by atoms with Gasteiger partial charge in [0.15, 0.2) is 0 Å². The highest BCUT2D eigenvalue weighted by molar-refractivity contribution is 5.81. The van der Waals surface area contributed by atoms with E-state index in [1.165, 1.54) is 36.8 Å². The molecule has 1 aliphatic rings. The number of hydrogen-bond acceptors (Lipinski definition) is 3. The SMILES string of the molecule is CN1CCCCC1CNCCc1cccc2cccnc12. The van der Waals surface area contributed by atoms with Gasteiger partial charge in [-0.2, -0.15) is 0 Å². The number of aromatic nitrogens is 1. The van der Waals surface area contributed by atoms with Crippen LogP contribution in [-0.2, 0) is 6.42 Å². The van der Waals surface area contributed by atoms with E-state index in [0.717, 1.165) is 25.0 Å². The van der Waals surface area contributed by atoms with Crippen molar-refractivity contribution in [3.8, 4) is 0 Å². The fraction of sp³-hybridized carbons (Fsp3) is 0.500. The number of pyridine rings is 1. The van der Waals surface area contributed by atoms with Crippen LogP contribution in [0, 0.1) is 0 Å². The van der Waals surface area contributed by atoms with Gasteiger partial charge in [0, 0.05) is 24.2 Å². The molecular formula is C18H25N3. The normalized spacial score (nSPS) is 20.0. The lowest BCUT2D eigenvalue weighted by molar-refractivity contribution is 0.182. The third kappa shape index (κ3) is 3.60. The first-order valence-corrected chi connectivity index (χ1v) is 8.08. The zero-order chi connectivity index (χ0) is 14.5. The fourth-order valence-corrected chi connectivity index (χ4v) is 3.26. The third-order valence-corrected chi connectivity index (χ3v) is 4.59. The van der Waals surface area contributed by atoms with Gasteiger partial charge in [0.2, 0.25) is 0 Å². The molecule has 21 heavy (non-hydrogen) atoms. The number of benzene rings is 1. The standard InChI is InChI=1S/C18H25N3/c1-21-13-3-2-9-17(21)14-19-12-10-16-7-4-6-15-8-5-11-20-18(15)16/h4-8,11,17,19H,2-3,9-10,12-14H2,1H3. The largest absolute Gasteiger partial charge is 0.315 e. The van der Waals surface area contributed by atoms with Crippen LogP contribution in [0.3, 0.4) is 0 Å². The minimum atomic E-state index is 0.712. The molecule has 3 nitrogen and oxygen atoms in total. The molecule has 1 aromatic carbocycles. The average molecular weight is 283 g/mol. The van der Waals surface area contributed by atoms with Crippen molar-refractivity contribution in [1.29, 1.82) is 0 Å². The molecule has 2 heterocycles. The molecule has 0 bridgehead atoms. The summed E-state index contributed by atoms with van der Waals surface area (Å²) in [5.41, 5.74) is 2.49. The number of nitrogens with zero attached hydrogens (tertiary/aromatic N) is 2. The van der Waals surface area contributed by atoms with Gasteiger partial charge < -0.3 is 10.2 Å². The van der Waals surface area contributed by atoms with Crippen molar-refractivity contribution < 1.29 is 0 Å². The van der Waals surface area contributed by atoms with Gasteiger partial charge in [0.05, 0.1) is 5.52 Å². The number of para-hydroxylation sites is 1. The number of rotatable bonds is 5. The highest BCUT2D eigenvalue weighted by Gasteiger charge is 2.17. The molecule has 2 aromatic rings. The molecule has 0 amide bonds. The van der Waals surface area contributed by atoms with E-state index in [2.05, 4.69) is 46.5 Å². The number of piperidine rings is 1. The highest BCUT2D eigenvalue weighted by Crippen LogP contribution is 2.16. The summed E-state index contributed by atoms with van der Waals surface area (Å²) in [6, 6.07) is 11.3. The molecule has 0 saturated carbocycles. The van der Waals surface area contributed by atoms with Crippen molar-refractivity contribution in [2.75, 3.05) is 26.7 Å². The second-order valence-corrected chi connectivity index (χ2v) is 6.08. The van der Waals surface area contributed by atoms with Crippen LogP contribution in [0.1, 0.15) is 24.8 Å². The predicted octanol–water partition coefficient (Wildman–Crippen LogP) is 2.85. The second kappa shape index (κ2) is 7.01. The Labute approximate surface area is 127 Å². The average Bonchev–Trinajstić information content (AvgIpc) is 2.53. The molecule has 1 unspecified atom stereocenters. The summed E-state index contributed by atoms with van der Waals surface area (Å²) in [5, 5.41) is 4.87. The van der Waals surface area contributed by atoms with Crippen molar-refractivity contribution in [3.63, 3.8) is 0 Å². The monoisotopic (exact) mass is 283 g/mol. The summed E-state index contributed by atoms with van der Waals surface area (Å²) in [7, 11) is 2.25. The van der Waals surface area contributed by atoms with Gasteiger partial charge in [-0.15, -0.1) is 0 Å². The lowest BCUT2D eigenvalue weighted by Gasteiger charge is -2.32. The van der Waals surface area contributed by atoms with Crippen LogP contribution in [0.25, 0.3) is 10.9 Å². The van der Waals surface area contributed by atoms with Crippen molar-refractivity contribution >= 4 is 10.9 Å².